The van der Waals surface area contributed by atoms with Crippen LogP contribution in [0.15, 0.2) is 83.0 Å². The molecule has 0 fully saturated rings. The van der Waals surface area contributed by atoms with Crippen LogP contribution in [0.25, 0.3) is 0 Å². The Hall–Kier alpha value is -3.67. The molecule has 0 N–H and O–H groups in total. The summed E-state index contributed by atoms with van der Waals surface area (Å²) in [6.07, 6.45) is 19.8. The highest BCUT2D eigenvalue weighted by Gasteiger charge is 2.09. The molecule has 6 nitrogen and oxygen atoms in total. The number of carbonyl (C=O) groups excluding carboxylic acids is 1. The van der Waals surface area contributed by atoms with Gasteiger partial charge < -0.3 is 14.2 Å². The smallest absolute Gasteiger partial charge is 0.343 e. The van der Waals surface area contributed by atoms with Crippen LogP contribution in [0.1, 0.15) is 127 Å². The van der Waals surface area contributed by atoms with E-state index in [0.717, 1.165) is 30.0 Å². The van der Waals surface area contributed by atoms with Gasteiger partial charge in [-0.1, -0.05) is 104 Å². The van der Waals surface area contributed by atoms with E-state index in [1.807, 2.05) is 36.4 Å². The molecule has 46 heavy (non-hydrogen) atoms. The molecular weight excluding hydrogens is 572 g/mol. The summed E-state index contributed by atoms with van der Waals surface area (Å²) in [6, 6.07) is 21.7. The molecule has 0 radical (unpaired) electrons. The van der Waals surface area contributed by atoms with Gasteiger partial charge in [-0.05, 0) is 91.6 Å². The van der Waals surface area contributed by atoms with Crippen molar-refractivity contribution in [3.05, 3.63) is 78.4 Å². The Morgan fingerprint density at radius 2 is 0.957 bits per heavy atom. The topological polar surface area (TPSA) is 69.5 Å². The van der Waals surface area contributed by atoms with Gasteiger partial charge >= 0.3 is 5.97 Å². The molecule has 0 heterocycles. The maximum atomic E-state index is 12.6. The van der Waals surface area contributed by atoms with Crippen molar-refractivity contribution < 1.29 is 19.0 Å². The first kappa shape index (κ1) is 36.8. The first-order chi connectivity index (χ1) is 22.5. The van der Waals surface area contributed by atoms with E-state index in [2.05, 4.69) is 31.0 Å². The summed E-state index contributed by atoms with van der Waals surface area (Å²) in [4.78, 5) is 12.6. The molecule has 3 rings (SSSR count). The van der Waals surface area contributed by atoms with E-state index in [-0.39, 0.29) is 0 Å². The molecule has 0 aromatic heterocycles. The van der Waals surface area contributed by atoms with Crippen LogP contribution in [0.2, 0.25) is 0 Å². The average molecular weight is 629 g/mol. The zero-order valence-corrected chi connectivity index (χ0v) is 28.6. The lowest BCUT2D eigenvalue weighted by atomic mass is 10.0. The minimum absolute atomic E-state index is 0.413. The van der Waals surface area contributed by atoms with Crippen LogP contribution >= 0.6 is 0 Å². The second-order valence-corrected chi connectivity index (χ2v) is 12.6. The molecule has 0 spiro atoms. The predicted molar refractivity (Wildman–Crippen MR) is 189 cm³/mol. The number of ether oxygens (including phenoxy) is 3. The van der Waals surface area contributed by atoms with Crippen LogP contribution in [0.4, 0.5) is 11.4 Å². The average Bonchev–Trinajstić information content (AvgIpc) is 3.07. The molecule has 3 aromatic carbocycles. The summed E-state index contributed by atoms with van der Waals surface area (Å²) in [5, 5.41) is 8.56. The molecule has 0 unspecified atom stereocenters. The lowest BCUT2D eigenvalue weighted by molar-refractivity contribution is 0.0734. The molecule has 0 atom stereocenters. The summed E-state index contributed by atoms with van der Waals surface area (Å²) in [5.74, 6) is 2.25. The lowest BCUT2D eigenvalue weighted by Gasteiger charge is -2.08. The van der Waals surface area contributed by atoms with Crippen LogP contribution in [0, 0.1) is 5.92 Å². The third-order valence-electron chi connectivity index (χ3n) is 7.99. The van der Waals surface area contributed by atoms with Crippen molar-refractivity contribution in [3.63, 3.8) is 0 Å². The van der Waals surface area contributed by atoms with Gasteiger partial charge in [0.25, 0.3) is 0 Å². The van der Waals surface area contributed by atoms with Crippen LogP contribution < -0.4 is 14.2 Å². The van der Waals surface area contributed by atoms with Gasteiger partial charge in [0.05, 0.1) is 30.2 Å². The van der Waals surface area contributed by atoms with Crippen molar-refractivity contribution >= 4 is 17.3 Å². The number of unbranched alkanes of at least 4 members (excludes halogenated alkanes) is 13. The van der Waals surface area contributed by atoms with Crippen LogP contribution in [0.3, 0.4) is 0 Å². The summed E-state index contributed by atoms with van der Waals surface area (Å²) >= 11 is 0. The quantitative estimate of drug-likeness (QED) is 0.0428. The van der Waals surface area contributed by atoms with Gasteiger partial charge in [0, 0.05) is 0 Å². The molecule has 0 aliphatic heterocycles. The number of azo groups is 1. The maximum Gasteiger partial charge on any atom is 0.343 e. The lowest BCUT2D eigenvalue weighted by Crippen LogP contribution is -2.08. The van der Waals surface area contributed by atoms with E-state index in [1.54, 1.807) is 36.4 Å². The monoisotopic (exact) mass is 628 g/mol. The highest BCUT2D eigenvalue weighted by Crippen LogP contribution is 2.24. The molecule has 0 amide bonds. The summed E-state index contributed by atoms with van der Waals surface area (Å²) < 4.78 is 17.2. The van der Waals surface area contributed by atoms with E-state index in [9.17, 15) is 4.79 Å². The number of carbonyl (C=O) groups is 1. The molecule has 0 aliphatic carbocycles. The van der Waals surface area contributed by atoms with Crippen molar-refractivity contribution in [1.82, 2.24) is 0 Å². The highest BCUT2D eigenvalue weighted by molar-refractivity contribution is 5.91. The molecule has 3 aromatic rings. The molecule has 0 saturated heterocycles. The van der Waals surface area contributed by atoms with E-state index in [1.165, 1.54) is 83.5 Å². The fourth-order valence-corrected chi connectivity index (χ4v) is 5.06. The predicted octanol–water partition coefficient (Wildman–Crippen LogP) is 12.6. The fourth-order valence-electron chi connectivity index (χ4n) is 5.06. The summed E-state index contributed by atoms with van der Waals surface area (Å²) in [5.41, 5.74) is 1.88. The Morgan fingerprint density at radius 1 is 0.543 bits per heavy atom. The zero-order chi connectivity index (χ0) is 32.7. The van der Waals surface area contributed by atoms with Gasteiger partial charge in [-0.3, -0.25) is 0 Å². The van der Waals surface area contributed by atoms with Gasteiger partial charge in [-0.2, -0.15) is 10.2 Å². The third-order valence-corrected chi connectivity index (χ3v) is 7.99. The molecule has 0 saturated carbocycles. The van der Waals surface area contributed by atoms with Gasteiger partial charge in [-0.25, -0.2) is 4.79 Å². The number of esters is 1. The van der Waals surface area contributed by atoms with Crippen LogP contribution in [0.5, 0.6) is 17.2 Å². The SMILES string of the molecule is CCCCCCCCCCCCCCCCOc1ccc(C(=O)Oc2ccc(N=Nc3ccc(OCCC(C)C)cc3)cc2)cc1. The Bertz CT molecular complexity index is 1240. The normalized spacial score (nSPS) is 11.3. The van der Waals surface area contributed by atoms with E-state index >= 15 is 0 Å². The van der Waals surface area contributed by atoms with Gasteiger partial charge in [0.1, 0.15) is 17.2 Å². The first-order valence-electron chi connectivity index (χ1n) is 17.7. The van der Waals surface area contributed by atoms with Crippen molar-refractivity contribution in [2.75, 3.05) is 13.2 Å². The largest absolute Gasteiger partial charge is 0.494 e. The molecule has 0 bridgehead atoms. The number of hydrogen-bond acceptors (Lipinski definition) is 6. The van der Waals surface area contributed by atoms with Crippen molar-refractivity contribution in [2.24, 2.45) is 16.1 Å². The Labute approximate surface area is 278 Å². The fraction of sp³-hybridized carbons (Fsp3) is 0.525. The minimum Gasteiger partial charge on any atom is -0.494 e. The highest BCUT2D eigenvalue weighted by atomic mass is 16.5. The van der Waals surface area contributed by atoms with Gasteiger partial charge in [-0.15, -0.1) is 0 Å². The standard InChI is InChI=1S/C40H56N2O4/c1-4-5-6-7-8-9-10-11-12-13-14-15-16-17-31-44-37-24-18-34(19-25-37)40(43)46-39-28-22-36(23-29-39)42-41-35-20-26-38(27-21-35)45-32-30-33(2)3/h18-29,33H,4-17,30-32H2,1-3H3. The van der Waals surface area contributed by atoms with E-state index in [4.69, 9.17) is 14.2 Å². The molecule has 250 valence electrons. The Balaban J connectivity index is 1.26. The Kier molecular flexibility index (Phi) is 18.2. The summed E-state index contributed by atoms with van der Waals surface area (Å²) in [6.45, 7) is 8.04. The zero-order valence-electron chi connectivity index (χ0n) is 28.6. The number of rotatable bonds is 24. The second-order valence-electron chi connectivity index (χ2n) is 12.6. The van der Waals surface area contributed by atoms with Crippen LogP contribution in [-0.2, 0) is 0 Å². The maximum absolute atomic E-state index is 12.6. The summed E-state index contributed by atoms with van der Waals surface area (Å²) in [7, 11) is 0. The van der Waals surface area contributed by atoms with Crippen molar-refractivity contribution in [1.29, 1.82) is 0 Å². The number of hydrogen-bond donors (Lipinski definition) is 0. The van der Waals surface area contributed by atoms with Crippen molar-refractivity contribution in [3.8, 4) is 17.2 Å². The number of nitrogens with zero attached hydrogens (tertiary/aromatic N) is 2. The molecule has 0 aliphatic rings. The Morgan fingerprint density at radius 3 is 1.43 bits per heavy atom. The minimum atomic E-state index is -0.413. The van der Waals surface area contributed by atoms with E-state index in [0.29, 0.717) is 36.1 Å². The first-order valence-corrected chi connectivity index (χ1v) is 17.7. The van der Waals surface area contributed by atoms with Crippen molar-refractivity contribution in [2.45, 2.75) is 117 Å². The number of benzene rings is 3. The van der Waals surface area contributed by atoms with Crippen LogP contribution in [-0.4, -0.2) is 19.2 Å². The third kappa shape index (κ3) is 16.1. The molecule has 6 heteroatoms. The van der Waals surface area contributed by atoms with Gasteiger partial charge in [0.15, 0.2) is 0 Å². The van der Waals surface area contributed by atoms with Gasteiger partial charge in [0.2, 0.25) is 0 Å². The molecular formula is C40H56N2O4. The van der Waals surface area contributed by atoms with E-state index < -0.39 is 5.97 Å². The second kappa shape index (κ2) is 22.8.